The third-order valence-corrected chi connectivity index (χ3v) is 4.28. The van der Waals surface area contributed by atoms with Crippen molar-refractivity contribution in [3.05, 3.63) is 16.6 Å². The number of aromatic nitrogens is 1. The van der Waals surface area contributed by atoms with Gasteiger partial charge in [-0.3, -0.25) is 4.90 Å². The highest BCUT2D eigenvalue weighted by molar-refractivity contribution is 7.07. The van der Waals surface area contributed by atoms with E-state index in [2.05, 4.69) is 35.2 Å². The van der Waals surface area contributed by atoms with Gasteiger partial charge in [0.2, 0.25) is 0 Å². The number of hydrogen-bond donors (Lipinski definition) is 0. The lowest BCUT2D eigenvalue weighted by Crippen LogP contribution is -2.41. The summed E-state index contributed by atoms with van der Waals surface area (Å²) in [4.78, 5) is 6.67. The number of likely N-dealkylation sites (tertiary alicyclic amines) is 1. The van der Waals surface area contributed by atoms with Gasteiger partial charge in [-0.2, -0.15) is 5.26 Å². The van der Waals surface area contributed by atoms with Gasteiger partial charge in [0.15, 0.2) is 0 Å². The Hall–Kier alpha value is -0.920. The van der Waals surface area contributed by atoms with E-state index in [9.17, 15) is 5.26 Å². The predicted molar refractivity (Wildman–Crippen MR) is 69.4 cm³/mol. The van der Waals surface area contributed by atoms with E-state index in [1.807, 2.05) is 5.51 Å². The highest BCUT2D eigenvalue weighted by Crippen LogP contribution is 2.30. The quantitative estimate of drug-likeness (QED) is 0.827. The van der Waals surface area contributed by atoms with Crippen molar-refractivity contribution in [1.82, 2.24) is 9.88 Å². The maximum absolute atomic E-state index is 9.26. The van der Waals surface area contributed by atoms with E-state index >= 15 is 0 Å². The highest BCUT2D eigenvalue weighted by atomic mass is 32.1. The molecule has 1 aromatic rings. The van der Waals surface area contributed by atoms with Crippen LogP contribution in [0.1, 0.15) is 26.0 Å². The van der Waals surface area contributed by atoms with E-state index in [4.69, 9.17) is 0 Å². The largest absolute Gasteiger partial charge is 0.296 e. The van der Waals surface area contributed by atoms with Crippen molar-refractivity contribution >= 4 is 11.3 Å². The van der Waals surface area contributed by atoms with Gasteiger partial charge in [0.25, 0.3) is 0 Å². The lowest BCUT2D eigenvalue weighted by atomic mass is 9.79. The number of piperidine rings is 1. The standard InChI is InChI=1S/C13H19N3S/c1-10(2)13-3-4-16(6-11(13)5-14)7-12-8-17-9-15-12/h8-11,13H,3-4,6-7H2,1-2H3. The number of hydrogen-bond acceptors (Lipinski definition) is 4. The second-order valence-corrected chi connectivity index (χ2v) is 5.87. The van der Waals surface area contributed by atoms with E-state index in [1.165, 1.54) is 0 Å². The van der Waals surface area contributed by atoms with E-state index in [-0.39, 0.29) is 5.92 Å². The van der Waals surface area contributed by atoms with E-state index in [0.29, 0.717) is 11.8 Å². The summed E-state index contributed by atoms with van der Waals surface area (Å²) in [5.41, 5.74) is 3.01. The number of nitrogens with zero attached hydrogens (tertiary/aromatic N) is 3. The zero-order valence-corrected chi connectivity index (χ0v) is 11.3. The van der Waals surface area contributed by atoms with Crippen molar-refractivity contribution in [2.24, 2.45) is 17.8 Å². The fourth-order valence-corrected chi connectivity index (χ4v) is 3.21. The molecule has 0 saturated carbocycles. The molecule has 0 amide bonds. The van der Waals surface area contributed by atoms with Gasteiger partial charge >= 0.3 is 0 Å². The number of rotatable bonds is 3. The van der Waals surface area contributed by atoms with Crippen LogP contribution in [0, 0.1) is 29.1 Å². The van der Waals surface area contributed by atoms with Gasteiger partial charge in [0.1, 0.15) is 0 Å². The SMILES string of the molecule is CC(C)C1CCN(Cc2cscn2)CC1C#N. The second-order valence-electron chi connectivity index (χ2n) is 5.15. The Kier molecular flexibility index (Phi) is 4.14. The van der Waals surface area contributed by atoms with Gasteiger partial charge in [-0.1, -0.05) is 13.8 Å². The van der Waals surface area contributed by atoms with Crippen LogP contribution in [0.2, 0.25) is 0 Å². The molecule has 0 aromatic carbocycles. The van der Waals surface area contributed by atoms with Crippen LogP contribution in [-0.2, 0) is 6.54 Å². The van der Waals surface area contributed by atoms with Crippen LogP contribution in [-0.4, -0.2) is 23.0 Å². The first-order valence-corrected chi connectivity index (χ1v) is 7.14. The van der Waals surface area contributed by atoms with Crippen LogP contribution in [0.4, 0.5) is 0 Å². The molecule has 1 aliphatic heterocycles. The molecule has 2 atom stereocenters. The molecule has 2 heterocycles. The Labute approximate surface area is 107 Å². The summed E-state index contributed by atoms with van der Waals surface area (Å²) in [5.74, 6) is 1.36. The Balaban J connectivity index is 1.95. The molecule has 1 fully saturated rings. The number of nitriles is 1. The lowest BCUT2D eigenvalue weighted by Gasteiger charge is -2.37. The average molecular weight is 249 g/mol. The minimum absolute atomic E-state index is 0.183. The zero-order valence-electron chi connectivity index (χ0n) is 10.5. The Morgan fingerprint density at radius 1 is 1.65 bits per heavy atom. The average Bonchev–Trinajstić information content (AvgIpc) is 2.81. The summed E-state index contributed by atoms with van der Waals surface area (Å²) in [7, 11) is 0. The Morgan fingerprint density at radius 3 is 3.06 bits per heavy atom. The molecular formula is C13H19N3S. The van der Waals surface area contributed by atoms with Crippen molar-refractivity contribution < 1.29 is 0 Å². The molecule has 4 heteroatoms. The molecule has 1 saturated heterocycles. The first-order chi connectivity index (χ1) is 8.20. The van der Waals surface area contributed by atoms with Crippen molar-refractivity contribution in [1.29, 1.82) is 5.26 Å². The minimum atomic E-state index is 0.183. The summed E-state index contributed by atoms with van der Waals surface area (Å²) < 4.78 is 0. The Morgan fingerprint density at radius 2 is 2.47 bits per heavy atom. The molecule has 3 nitrogen and oxygen atoms in total. The maximum atomic E-state index is 9.26. The van der Waals surface area contributed by atoms with Crippen molar-refractivity contribution in [2.75, 3.05) is 13.1 Å². The van der Waals surface area contributed by atoms with Gasteiger partial charge in [-0.25, -0.2) is 4.98 Å². The Bertz CT molecular complexity index is 380. The highest BCUT2D eigenvalue weighted by Gasteiger charge is 2.31. The number of thiazole rings is 1. The first kappa shape index (κ1) is 12.5. The van der Waals surface area contributed by atoms with Gasteiger partial charge in [0, 0.05) is 18.5 Å². The van der Waals surface area contributed by atoms with Crippen LogP contribution < -0.4 is 0 Å². The summed E-state index contributed by atoms with van der Waals surface area (Å²) in [6.45, 7) is 7.35. The monoisotopic (exact) mass is 249 g/mol. The van der Waals surface area contributed by atoms with Gasteiger partial charge in [-0.05, 0) is 24.8 Å². The summed E-state index contributed by atoms with van der Waals surface area (Å²) in [6.07, 6.45) is 1.14. The normalized spacial score (nSPS) is 26.0. The summed E-state index contributed by atoms with van der Waals surface area (Å²) in [5, 5.41) is 11.4. The molecule has 2 unspecified atom stereocenters. The topological polar surface area (TPSA) is 39.9 Å². The third kappa shape index (κ3) is 3.05. The van der Waals surface area contributed by atoms with Crippen molar-refractivity contribution in [3.8, 4) is 6.07 Å². The third-order valence-electron chi connectivity index (χ3n) is 3.64. The fourth-order valence-electron chi connectivity index (χ4n) is 2.66. The summed E-state index contributed by atoms with van der Waals surface area (Å²) >= 11 is 1.64. The zero-order chi connectivity index (χ0) is 12.3. The first-order valence-electron chi connectivity index (χ1n) is 6.19. The van der Waals surface area contributed by atoms with E-state index in [1.54, 1.807) is 11.3 Å². The predicted octanol–water partition coefficient (Wildman–Crippen LogP) is 2.76. The molecular weight excluding hydrogens is 230 g/mol. The molecule has 92 valence electrons. The molecule has 0 radical (unpaired) electrons. The lowest BCUT2D eigenvalue weighted by molar-refractivity contribution is 0.114. The van der Waals surface area contributed by atoms with Gasteiger partial charge < -0.3 is 0 Å². The van der Waals surface area contributed by atoms with Crippen LogP contribution in [0.5, 0.6) is 0 Å². The van der Waals surface area contributed by atoms with Crippen LogP contribution >= 0.6 is 11.3 Å². The summed E-state index contributed by atoms with van der Waals surface area (Å²) in [6, 6.07) is 2.49. The molecule has 0 spiro atoms. The van der Waals surface area contributed by atoms with Crippen molar-refractivity contribution in [2.45, 2.75) is 26.8 Å². The van der Waals surface area contributed by atoms with Crippen LogP contribution in [0.3, 0.4) is 0 Å². The molecule has 0 bridgehead atoms. The fraction of sp³-hybridized carbons (Fsp3) is 0.692. The molecule has 1 aliphatic rings. The van der Waals surface area contributed by atoms with E-state index in [0.717, 1.165) is 31.7 Å². The van der Waals surface area contributed by atoms with Gasteiger partial charge in [0.05, 0.1) is 23.2 Å². The minimum Gasteiger partial charge on any atom is -0.296 e. The maximum Gasteiger partial charge on any atom is 0.0795 e. The molecule has 0 N–H and O–H groups in total. The van der Waals surface area contributed by atoms with E-state index < -0.39 is 0 Å². The van der Waals surface area contributed by atoms with Crippen LogP contribution in [0.15, 0.2) is 10.9 Å². The van der Waals surface area contributed by atoms with Gasteiger partial charge in [-0.15, -0.1) is 11.3 Å². The van der Waals surface area contributed by atoms with Crippen molar-refractivity contribution in [3.63, 3.8) is 0 Å². The second kappa shape index (κ2) is 5.61. The smallest absolute Gasteiger partial charge is 0.0795 e. The van der Waals surface area contributed by atoms with Crippen LogP contribution in [0.25, 0.3) is 0 Å². The molecule has 2 rings (SSSR count). The molecule has 0 aliphatic carbocycles. The molecule has 1 aromatic heterocycles. The molecule has 17 heavy (non-hydrogen) atoms.